The van der Waals surface area contributed by atoms with Crippen LogP contribution in [0.2, 0.25) is 0 Å². The molecule has 4 nitrogen and oxygen atoms in total. The molecule has 2 aromatic rings. The molecule has 0 amide bonds. The Labute approximate surface area is 119 Å². The molecule has 0 spiro atoms. The summed E-state index contributed by atoms with van der Waals surface area (Å²) in [7, 11) is 0. The van der Waals surface area contributed by atoms with E-state index in [0.29, 0.717) is 29.7 Å². The van der Waals surface area contributed by atoms with Crippen molar-refractivity contribution in [2.24, 2.45) is 5.41 Å². The first kappa shape index (κ1) is 13.4. The minimum Gasteiger partial charge on any atom is -0.438 e. The molecular weight excluding hydrogens is 252 g/mol. The van der Waals surface area contributed by atoms with Crippen molar-refractivity contribution in [2.75, 3.05) is 5.73 Å². The van der Waals surface area contributed by atoms with E-state index in [9.17, 15) is 0 Å². The highest BCUT2D eigenvalue weighted by Gasteiger charge is 2.27. The molecule has 20 heavy (non-hydrogen) atoms. The lowest BCUT2D eigenvalue weighted by Crippen LogP contribution is -2.26. The minimum absolute atomic E-state index is 0.336. The monoisotopic (exact) mass is 274 g/mol. The number of nitrogen functional groups attached to an aromatic ring is 1. The Hall–Kier alpha value is -1.55. The van der Waals surface area contributed by atoms with E-state index < -0.39 is 0 Å². The van der Waals surface area contributed by atoms with Gasteiger partial charge in [0.05, 0.1) is 6.10 Å². The molecule has 1 aliphatic carbocycles. The van der Waals surface area contributed by atoms with Gasteiger partial charge in [-0.1, -0.05) is 13.8 Å². The molecule has 1 aromatic heterocycles. The molecule has 0 saturated heterocycles. The van der Waals surface area contributed by atoms with E-state index in [1.165, 1.54) is 12.8 Å². The third kappa shape index (κ3) is 2.96. The molecule has 108 valence electrons. The molecule has 1 aliphatic rings. The summed E-state index contributed by atoms with van der Waals surface area (Å²) in [6.07, 6.45) is 5.03. The molecule has 1 heterocycles. The zero-order valence-electron chi connectivity index (χ0n) is 12.2. The highest BCUT2D eigenvalue weighted by atomic mass is 16.5. The van der Waals surface area contributed by atoms with E-state index in [0.717, 1.165) is 23.9 Å². The number of hydrogen-bond donors (Lipinski definition) is 1. The summed E-state index contributed by atoms with van der Waals surface area (Å²) in [6, 6.07) is 5.50. The summed E-state index contributed by atoms with van der Waals surface area (Å²) in [5, 5.41) is 0. The molecule has 0 bridgehead atoms. The van der Waals surface area contributed by atoms with Gasteiger partial charge in [-0.2, -0.15) is 0 Å². The SMILES string of the molecule is CC1(C)CCC(OCc2nc3cc(N)ccc3o2)CC1. The van der Waals surface area contributed by atoms with Crippen LogP contribution in [0.1, 0.15) is 45.4 Å². The van der Waals surface area contributed by atoms with Crippen LogP contribution in [0.25, 0.3) is 11.1 Å². The van der Waals surface area contributed by atoms with E-state index >= 15 is 0 Å². The van der Waals surface area contributed by atoms with Crippen LogP contribution in [0.5, 0.6) is 0 Å². The molecule has 0 atom stereocenters. The summed E-state index contributed by atoms with van der Waals surface area (Å²) < 4.78 is 11.6. The summed E-state index contributed by atoms with van der Waals surface area (Å²) >= 11 is 0. The topological polar surface area (TPSA) is 61.3 Å². The summed E-state index contributed by atoms with van der Waals surface area (Å²) in [6.45, 7) is 5.10. The summed E-state index contributed by atoms with van der Waals surface area (Å²) in [5.41, 5.74) is 8.47. The van der Waals surface area contributed by atoms with Gasteiger partial charge >= 0.3 is 0 Å². The highest BCUT2D eigenvalue weighted by Crippen LogP contribution is 2.36. The fourth-order valence-corrected chi connectivity index (χ4v) is 2.78. The van der Waals surface area contributed by atoms with Crippen molar-refractivity contribution in [1.29, 1.82) is 0 Å². The highest BCUT2D eigenvalue weighted by molar-refractivity contribution is 5.76. The fourth-order valence-electron chi connectivity index (χ4n) is 2.78. The van der Waals surface area contributed by atoms with Crippen molar-refractivity contribution in [2.45, 2.75) is 52.2 Å². The van der Waals surface area contributed by atoms with Crippen molar-refractivity contribution in [3.63, 3.8) is 0 Å². The number of nitrogens with zero attached hydrogens (tertiary/aromatic N) is 1. The van der Waals surface area contributed by atoms with Crippen molar-refractivity contribution in [1.82, 2.24) is 4.98 Å². The Morgan fingerprint density at radius 1 is 1.35 bits per heavy atom. The van der Waals surface area contributed by atoms with Crippen LogP contribution in [0.15, 0.2) is 22.6 Å². The Balaban J connectivity index is 1.60. The second-order valence-corrected chi connectivity index (χ2v) is 6.51. The average molecular weight is 274 g/mol. The van der Waals surface area contributed by atoms with E-state index in [1.807, 2.05) is 18.2 Å². The lowest BCUT2D eigenvalue weighted by molar-refractivity contribution is -0.0133. The molecule has 0 unspecified atom stereocenters. The van der Waals surface area contributed by atoms with Gasteiger partial charge in [0.2, 0.25) is 5.89 Å². The van der Waals surface area contributed by atoms with Gasteiger partial charge < -0.3 is 14.9 Å². The van der Waals surface area contributed by atoms with Gasteiger partial charge in [-0.05, 0) is 49.3 Å². The smallest absolute Gasteiger partial charge is 0.221 e. The van der Waals surface area contributed by atoms with Crippen LogP contribution in [0.3, 0.4) is 0 Å². The molecule has 0 radical (unpaired) electrons. The van der Waals surface area contributed by atoms with Crippen LogP contribution in [0, 0.1) is 5.41 Å². The number of nitrogens with two attached hydrogens (primary N) is 1. The van der Waals surface area contributed by atoms with Gasteiger partial charge in [-0.15, -0.1) is 0 Å². The van der Waals surface area contributed by atoms with Crippen LogP contribution in [-0.2, 0) is 11.3 Å². The normalized spacial score (nSPS) is 19.5. The molecular formula is C16H22N2O2. The average Bonchev–Trinajstić information content (AvgIpc) is 2.79. The minimum atomic E-state index is 0.336. The molecule has 4 heteroatoms. The van der Waals surface area contributed by atoms with Crippen LogP contribution < -0.4 is 5.73 Å². The number of oxazole rings is 1. The number of hydrogen-bond acceptors (Lipinski definition) is 4. The predicted molar refractivity (Wildman–Crippen MR) is 79.2 cm³/mol. The van der Waals surface area contributed by atoms with E-state index in [-0.39, 0.29) is 0 Å². The van der Waals surface area contributed by atoms with Gasteiger partial charge in [0.25, 0.3) is 0 Å². The molecule has 1 saturated carbocycles. The maximum Gasteiger partial charge on any atom is 0.221 e. The molecule has 0 aliphatic heterocycles. The van der Waals surface area contributed by atoms with E-state index in [2.05, 4.69) is 18.8 Å². The second-order valence-electron chi connectivity index (χ2n) is 6.51. The van der Waals surface area contributed by atoms with Gasteiger partial charge in [0.15, 0.2) is 5.58 Å². The van der Waals surface area contributed by atoms with Crippen LogP contribution in [-0.4, -0.2) is 11.1 Å². The zero-order chi connectivity index (χ0) is 14.2. The predicted octanol–water partition coefficient (Wildman–Crippen LogP) is 3.90. The Kier molecular flexibility index (Phi) is 3.42. The fraction of sp³-hybridized carbons (Fsp3) is 0.562. The summed E-state index contributed by atoms with van der Waals surface area (Å²) in [4.78, 5) is 4.41. The number of aromatic nitrogens is 1. The number of rotatable bonds is 3. The second kappa shape index (κ2) is 5.09. The third-order valence-corrected chi connectivity index (χ3v) is 4.18. The first-order valence-corrected chi connectivity index (χ1v) is 7.28. The van der Waals surface area contributed by atoms with Gasteiger partial charge in [-0.25, -0.2) is 4.98 Å². The van der Waals surface area contributed by atoms with E-state index in [4.69, 9.17) is 14.9 Å². The Morgan fingerprint density at radius 3 is 2.85 bits per heavy atom. The van der Waals surface area contributed by atoms with Crippen LogP contribution in [0.4, 0.5) is 5.69 Å². The lowest BCUT2D eigenvalue weighted by atomic mass is 9.76. The number of ether oxygens (including phenoxy) is 1. The molecule has 2 N–H and O–H groups in total. The maximum atomic E-state index is 5.93. The van der Waals surface area contributed by atoms with Crippen molar-refractivity contribution in [3.05, 3.63) is 24.1 Å². The number of fused-ring (bicyclic) bond motifs is 1. The first-order chi connectivity index (χ1) is 9.52. The first-order valence-electron chi connectivity index (χ1n) is 7.28. The quantitative estimate of drug-likeness (QED) is 0.862. The van der Waals surface area contributed by atoms with E-state index in [1.54, 1.807) is 0 Å². The third-order valence-electron chi connectivity index (χ3n) is 4.18. The van der Waals surface area contributed by atoms with Gasteiger partial charge in [0.1, 0.15) is 12.1 Å². The molecule has 1 aromatic carbocycles. The Bertz CT molecular complexity index is 594. The van der Waals surface area contributed by atoms with Gasteiger partial charge in [0, 0.05) is 5.69 Å². The largest absolute Gasteiger partial charge is 0.438 e. The number of anilines is 1. The van der Waals surface area contributed by atoms with Crippen LogP contribution >= 0.6 is 0 Å². The molecule has 3 rings (SSSR count). The summed E-state index contributed by atoms with van der Waals surface area (Å²) in [5.74, 6) is 0.635. The maximum absolute atomic E-state index is 5.93. The lowest BCUT2D eigenvalue weighted by Gasteiger charge is -2.33. The number of benzene rings is 1. The van der Waals surface area contributed by atoms with Gasteiger partial charge in [-0.3, -0.25) is 0 Å². The van der Waals surface area contributed by atoms with Crippen molar-refractivity contribution in [3.8, 4) is 0 Å². The van der Waals surface area contributed by atoms with Crippen molar-refractivity contribution < 1.29 is 9.15 Å². The Morgan fingerprint density at radius 2 is 2.10 bits per heavy atom. The zero-order valence-corrected chi connectivity index (χ0v) is 12.2. The molecule has 1 fully saturated rings. The van der Waals surface area contributed by atoms with Crippen molar-refractivity contribution >= 4 is 16.8 Å². The standard InChI is InChI=1S/C16H22N2O2/c1-16(2)7-5-12(6-8-16)19-10-15-18-13-9-11(17)3-4-14(13)20-15/h3-4,9,12H,5-8,10,17H2,1-2H3.